The number of hydrogen-bond acceptors (Lipinski definition) is 2. The average molecular weight is 313 g/mol. The lowest BCUT2D eigenvalue weighted by atomic mass is 10.2. The Kier molecular flexibility index (Phi) is 3.56. The minimum atomic E-state index is -1.06. The molecular formula is C12H13BrN2O3. The van der Waals surface area contributed by atoms with Crippen LogP contribution in [0.2, 0.25) is 0 Å². The van der Waals surface area contributed by atoms with Crippen LogP contribution in [0.25, 0.3) is 0 Å². The molecule has 5 nitrogen and oxygen atoms in total. The highest BCUT2D eigenvalue weighted by atomic mass is 79.9. The number of nitrogens with zero attached hydrogens (tertiary/aromatic N) is 1. The van der Waals surface area contributed by atoms with E-state index >= 15 is 0 Å². The van der Waals surface area contributed by atoms with E-state index in [9.17, 15) is 9.59 Å². The summed E-state index contributed by atoms with van der Waals surface area (Å²) < 4.78 is 0.719. The van der Waals surface area contributed by atoms with E-state index in [-0.39, 0.29) is 17.6 Å². The number of aromatic carboxylic acids is 1. The van der Waals surface area contributed by atoms with E-state index in [1.807, 2.05) is 0 Å². The molecule has 0 heterocycles. The first-order chi connectivity index (χ1) is 8.49. The molecule has 1 aromatic carbocycles. The zero-order valence-corrected chi connectivity index (χ0v) is 11.4. The molecule has 0 aromatic heterocycles. The van der Waals surface area contributed by atoms with Crippen molar-refractivity contribution in [3.05, 3.63) is 28.2 Å². The largest absolute Gasteiger partial charge is 0.478 e. The van der Waals surface area contributed by atoms with Gasteiger partial charge in [0, 0.05) is 17.6 Å². The van der Waals surface area contributed by atoms with Gasteiger partial charge in [-0.2, -0.15) is 0 Å². The molecule has 1 aliphatic rings. The van der Waals surface area contributed by atoms with E-state index in [2.05, 4.69) is 21.2 Å². The Bertz CT molecular complexity index is 500. The topological polar surface area (TPSA) is 69.6 Å². The Hall–Kier alpha value is -1.56. The molecule has 0 radical (unpaired) electrons. The summed E-state index contributed by atoms with van der Waals surface area (Å²) >= 11 is 3.26. The van der Waals surface area contributed by atoms with E-state index < -0.39 is 5.97 Å². The standard InChI is InChI=1S/C12H13BrN2O3/c1-15(8-3-4-8)12(18)14-10-6-7(13)2-5-9(10)11(16)17/h2,5-6,8H,3-4H2,1H3,(H,14,18)(H,16,17). The number of carboxylic acids is 1. The summed E-state index contributed by atoms with van der Waals surface area (Å²) in [5, 5.41) is 11.7. The summed E-state index contributed by atoms with van der Waals surface area (Å²) in [6, 6.07) is 4.67. The number of rotatable bonds is 3. The Balaban J connectivity index is 2.18. The molecule has 1 aromatic rings. The van der Waals surface area contributed by atoms with Crippen LogP contribution in [0.1, 0.15) is 23.2 Å². The first-order valence-electron chi connectivity index (χ1n) is 5.55. The van der Waals surface area contributed by atoms with Crippen LogP contribution in [-0.4, -0.2) is 35.1 Å². The van der Waals surface area contributed by atoms with Crippen LogP contribution in [0.3, 0.4) is 0 Å². The molecule has 0 saturated heterocycles. The Morgan fingerprint density at radius 1 is 1.44 bits per heavy atom. The minimum Gasteiger partial charge on any atom is -0.478 e. The third-order valence-corrected chi connectivity index (χ3v) is 3.36. The summed E-state index contributed by atoms with van der Waals surface area (Å²) in [6.45, 7) is 0. The Labute approximate surface area is 113 Å². The van der Waals surface area contributed by atoms with Gasteiger partial charge in [0.25, 0.3) is 0 Å². The maximum Gasteiger partial charge on any atom is 0.337 e. The molecule has 6 heteroatoms. The average Bonchev–Trinajstić information content (AvgIpc) is 3.11. The lowest BCUT2D eigenvalue weighted by molar-refractivity contribution is 0.0698. The highest BCUT2D eigenvalue weighted by molar-refractivity contribution is 9.10. The summed E-state index contributed by atoms with van der Waals surface area (Å²) in [5.74, 6) is -1.06. The van der Waals surface area contributed by atoms with Crippen molar-refractivity contribution in [2.24, 2.45) is 0 Å². The summed E-state index contributed by atoms with van der Waals surface area (Å²) in [6.07, 6.45) is 2.02. The van der Waals surface area contributed by atoms with Gasteiger partial charge in [0.15, 0.2) is 0 Å². The number of carbonyl (C=O) groups excluding carboxylic acids is 1. The highest BCUT2D eigenvalue weighted by Crippen LogP contribution is 2.27. The fourth-order valence-corrected chi connectivity index (χ4v) is 2.00. The minimum absolute atomic E-state index is 0.0794. The predicted molar refractivity (Wildman–Crippen MR) is 70.9 cm³/mol. The molecule has 18 heavy (non-hydrogen) atoms. The fraction of sp³-hybridized carbons (Fsp3) is 0.333. The summed E-state index contributed by atoms with van der Waals surface area (Å²) in [7, 11) is 1.71. The van der Waals surface area contributed by atoms with Crippen LogP contribution in [0, 0.1) is 0 Å². The molecule has 2 N–H and O–H groups in total. The van der Waals surface area contributed by atoms with E-state index in [4.69, 9.17) is 5.11 Å². The molecule has 96 valence electrons. The molecule has 0 atom stereocenters. The smallest absolute Gasteiger partial charge is 0.337 e. The molecule has 1 fully saturated rings. The number of carbonyl (C=O) groups is 2. The van der Waals surface area contributed by atoms with Crippen LogP contribution in [0.5, 0.6) is 0 Å². The third kappa shape index (κ3) is 2.81. The van der Waals surface area contributed by atoms with Crippen molar-refractivity contribution in [2.45, 2.75) is 18.9 Å². The number of nitrogens with one attached hydrogen (secondary N) is 1. The van der Waals surface area contributed by atoms with Crippen molar-refractivity contribution in [1.82, 2.24) is 4.90 Å². The first kappa shape index (κ1) is 12.9. The zero-order valence-electron chi connectivity index (χ0n) is 9.81. The van der Waals surface area contributed by atoms with Crippen molar-refractivity contribution in [1.29, 1.82) is 0 Å². The van der Waals surface area contributed by atoms with Crippen LogP contribution in [-0.2, 0) is 0 Å². The van der Waals surface area contributed by atoms with Gasteiger partial charge in [-0.15, -0.1) is 0 Å². The molecule has 2 amide bonds. The van der Waals surface area contributed by atoms with Crippen LogP contribution in [0.4, 0.5) is 10.5 Å². The quantitative estimate of drug-likeness (QED) is 0.901. The van der Waals surface area contributed by atoms with Gasteiger partial charge < -0.3 is 15.3 Å². The normalized spacial score (nSPS) is 14.1. The lowest BCUT2D eigenvalue weighted by Crippen LogP contribution is -2.33. The molecule has 0 unspecified atom stereocenters. The Morgan fingerprint density at radius 3 is 2.67 bits per heavy atom. The van der Waals surface area contributed by atoms with Gasteiger partial charge >= 0.3 is 12.0 Å². The number of carboxylic acid groups (broad SMARTS) is 1. The second-order valence-electron chi connectivity index (χ2n) is 4.27. The molecule has 1 aliphatic carbocycles. The lowest BCUT2D eigenvalue weighted by Gasteiger charge is -2.18. The van der Waals surface area contributed by atoms with E-state index in [0.29, 0.717) is 5.69 Å². The number of anilines is 1. The first-order valence-corrected chi connectivity index (χ1v) is 6.35. The predicted octanol–water partition coefficient (Wildman–Crippen LogP) is 2.77. The SMILES string of the molecule is CN(C(=O)Nc1cc(Br)ccc1C(=O)O)C1CC1. The number of urea groups is 1. The van der Waals surface area contributed by atoms with Gasteiger partial charge in [0.1, 0.15) is 0 Å². The van der Waals surface area contributed by atoms with E-state index in [1.165, 1.54) is 6.07 Å². The van der Waals surface area contributed by atoms with Gasteiger partial charge in [-0.1, -0.05) is 15.9 Å². The molecule has 0 spiro atoms. The third-order valence-electron chi connectivity index (χ3n) is 2.87. The van der Waals surface area contributed by atoms with Crippen LogP contribution in [0.15, 0.2) is 22.7 Å². The van der Waals surface area contributed by atoms with E-state index in [1.54, 1.807) is 24.1 Å². The molecular weight excluding hydrogens is 300 g/mol. The molecule has 2 rings (SSSR count). The maximum atomic E-state index is 11.9. The van der Waals surface area contributed by atoms with Gasteiger partial charge in [-0.05, 0) is 31.0 Å². The summed E-state index contributed by atoms with van der Waals surface area (Å²) in [5.41, 5.74) is 0.380. The van der Waals surface area contributed by atoms with Gasteiger partial charge in [0.05, 0.1) is 11.3 Å². The number of hydrogen-bond donors (Lipinski definition) is 2. The number of amides is 2. The van der Waals surface area contributed by atoms with Crippen molar-refractivity contribution >= 4 is 33.6 Å². The van der Waals surface area contributed by atoms with Crippen molar-refractivity contribution < 1.29 is 14.7 Å². The second kappa shape index (κ2) is 4.97. The van der Waals surface area contributed by atoms with Crippen LogP contribution >= 0.6 is 15.9 Å². The Morgan fingerprint density at radius 2 is 2.11 bits per heavy atom. The van der Waals surface area contributed by atoms with Gasteiger partial charge in [-0.3, -0.25) is 0 Å². The number of halogens is 1. The van der Waals surface area contributed by atoms with Crippen molar-refractivity contribution in [3.63, 3.8) is 0 Å². The fourth-order valence-electron chi connectivity index (χ4n) is 1.64. The van der Waals surface area contributed by atoms with Crippen LogP contribution < -0.4 is 5.32 Å². The highest BCUT2D eigenvalue weighted by Gasteiger charge is 2.30. The maximum absolute atomic E-state index is 11.9. The monoisotopic (exact) mass is 312 g/mol. The van der Waals surface area contributed by atoms with Gasteiger partial charge in [0.2, 0.25) is 0 Å². The molecule has 1 saturated carbocycles. The van der Waals surface area contributed by atoms with Gasteiger partial charge in [-0.25, -0.2) is 9.59 Å². The van der Waals surface area contributed by atoms with E-state index in [0.717, 1.165) is 17.3 Å². The van der Waals surface area contributed by atoms with Crippen molar-refractivity contribution in [3.8, 4) is 0 Å². The summed E-state index contributed by atoms with van der Waals surface area (Å²) in [4.78, 5) is 24.5. The van der Waals surface area contributed by atoms with Crippen molar-refractivity contribution in [2.75, 3.05) is 12.4 Å². The molecule has 0 aliphatic heterocycles. The number of benzene rings is 1. The molecule has 0 bridgehead atoms. The zero-order chi connectivity index (χ0) is 13.3. The second-order valence-corrected chi connectivity index (χ2v) is 5.18.